The van der Waals surface area contributed by atoms with Crippen LogP contribution in [0.25, 0.3) is 0 Å². The third-order valence-corrected chi connectivity index (χ3v) is 8.53. The van der Waals surface area contributed by atoms with Gasteiger partial charge in [-0.1, -0.05) is 60.7 Å². The normalized spacial score (nSPS) is 22.6. The van der Waals surface area contributed by atoms with Crippen molar-refractivity contribution in [2.75, 3.05) is 0 Å². The summed E-state index contributed by atoms with van der Waals surface area (Å²) in [4.78, 5) is 27.0. The highest BCUT2D eigenvalue weighted by Gasteiger charge is 2.59. The Hall–Kier alpha value is -2.70. The lowest BCUT2D eigenvalue weighted by Crippen LogP contribution is -2.62. The quantitative estimate of drug-likeness (QED) is 0.396. The molecule has 35 heavy (non-hydrogen) atoms. The third kappa shape index (κ3) is 4.87. The van der Waals surface area contributed by atoms with Gasteiger partial charge in [-0.05, 0) is 75.3 Å². The van der Waals surface area contributed by atoms with Crippen LogP contribution < -0.4 is 10.6 Å². The van der Waals surface area contributed by atoms with E-state index in [4.69, 9.17) is 0 Å². The minimum absolute atomic E-state index is 0.310. The summed E-state index contributed by atoms with van der Waals surface area (Å²) in [7, 11) is 0. The molecule has 2 aromatic carbocycles. The lowest BCUT2D eigenvalue weighted by Gasteiger charge is -2.45. The van der Waals surface area contributed by atoms with Gasteiger partial charge in [-0.15, -0.1) is 0 Å². The number of hydrogen-bond acceptors (Lipinski definition) is 4. The molecule has 2 atom stereocenters. The summed E-state index contributed by atoms with van der Waals surface area (Å²) >= 11 is 0. The standard InChI is InChI=1S/C29H36N2O4/c32-25(30-23(28(34)13-7-14-28)19-21-9-3-1-4-10-21)27(17-18-27)26(33)31-24(29(35)15-8-16-29)20-22-11-5-2-6-12-22/h1-6,9-12,23-24,34-35H,7-8,13-20H2,(H,30,32)(H,31,33)/t23-,24-/m1/s1. The first kappa shape index (κ1) is 24.0. The van der Waals surface area contributed by atoms with Crippen LogP contribution in [0, 0.1) is 5.41 Å². The van der Waals surface area contributed by atoms with E-state index in [1.807, 2.05) is 60.7 Å². The second kappa shape index (κ2) is 9.40. The molecule has 0 aromatic heterocycles. The van der Waals surface area contributed by atoms with Crippen molar-refractivity contribution in [3.63, 3.8) is 0 Å². The van der Waals surface area contributed by atoms with Gasteiger partial charge in [0.05, 0.1) is 23.3 Å². The first-order valence-corrected chi connectivity index (χ1v) is 13.0. The predicted octanol–water partition coefficient (Wildman–Crippen LogP) is 3.05. The number of rotatable bonds is 10. The van der Waals surface area contributed by atoms with Crippen LogP contribution in [0.3, 0.4) is 0 Å². The van der Waals surface area contributed by atoms with Crippen molar-refractivity contribution in [2.24, 2.45) is 5.41 Å². The SMILES string of the molecule is O=C(N[C@H](Cc1ccccc1)C1(O)CCC1)C1(C(=O)N[C@H](Cc2ccccc2)C2(O)CCC2)CC1. The van der Waals surface area contributed by atoms with Gasteiger partial charge in [-0.25, -0.2) is 0 Å². The Bertz CT molecular complexity index is 961. The second-order valence-corrected chi connectivity index (χ2v) is 10.9. The monoisotopic (exact) mass is 476 g/mol. The zero-order valence-electron chi connectivity index (χ0n) is 20.2. The largest absolute Gasteiger partial charge is 0.388 e. The summed E-state index contributed by atoms with van der Waals surface area (Å²) in [5, 5.41) is 28.4. The molecule has 2 amide bonds. The second-order valence-electron chi connectivity index (χ2n) is 10.9. The fraction of sp³-hybridized carbons (Fsp3) is 0.517. The van der Waals surface area contributed by atoms with Crippen LogP contribution in [0.5, 0.6) is 0 Å². The molecule has 0 unspecified atom stereocenters. The molecule has 3 fully saturated rings. The molecule has 6 heteroatoms. The van der Waals surface area contributed by atoms with Gasteiger partial charge < -0.3 is 20.8 Å². The van der Waals surface area contributed by atoms with Crippen LogP contribution in [0.1, 0.15) is 62.5 Å². The summed E-state index contributed by atoms with van der Waals surface area (Å²) < 4.78 is 0. The molecule has 3 saturated carbocycles. The van der Waals surface area contributed by atoms with Crippen molar-refractivity contribution in [1.82, 2.24) is 10.6 Å². The predicted molar refractivity (Wildman–Crippen MR) is 133 cm³/mol. The molecule has 2 aromatic rings. The highest BCUT2D eigenvalue weighted by molar-refractivity contribution is 6.08. The van der Waals surface area contributed by atoms with Crippen LogP contribution in [-0.2, 0) is 22.4 Å². The Balaban J connectivity index is 1.29. The topological polar surface area (TPSA) is 98.7 Å². The number of amides is 2. The van der Waals surface area contributed by atoms with Crippen molar-refractivity contribution >= 4 is 11.8 Å². The molecule has 3 aliphatic rings. The van der Waals surface area contributed by atoms with E-state index in [-0.39, 0.29) is 11.8 Å². The first-order chi connectivity index (χ1) is 16.8. The van der Waals surface area contributed by atoms with E-state index in [1.54, 1.807) is 0 Å². The maximum Gasteiger partial charge on any atom is 0.236 e. The number of carbonyl (C=O) groups excluding carboxylic acids is 2. The highest BCUT2D eigenvalue weighted by atomic mass is 16.3. The van der Waals surface area contributed by atoms with Crippen molar-refractivity contribution in [2.45, 2.75) is 87.5 Å². The van der Waals surface area contributed by atoms with E-state index < -0.39 is 28.7 Å². The van der Waals surface area contributed by atoms with Gasteiger partial charge in [0.1, 0.15) is 5.41 Å². The molecule has 6 nitrogen and oxygen atoms in total. The van der Waals surface area contributed by atoms with Gasteiger partial charge in [-0.2, -0.15) is 0 Å². The Morgan fingerprint density at radius 2 is 1.03 bits per heavy atom. The Morgan fingerprint density at radius 3 is 1.31 bits per heavy atom. The maximum atomic E-state index is 13.5. The van der Waals surface area contributed by atoms with Gasteiger partial charge in [0, 0.05) is 0 Å². The van der Waals surface area contributed by atoms with Crippen LogP contribution in [0.15, 0.2) is 60.7 Å². The fourth-order valence-corrected chi connectivity index (χ4v) is 5.50. The van der Waals surface area contributed by atoms with E-state index in [0.717, 1.165) is 24.0 Å². The van der Waals surface area contributed by atoms with Crippen molar-refractivity contribution in [3.05, 3.63) is 71.8 Å². The molecule has 0 aliphatic heterocycles. The van der Waals surface area contributed by atoms with E-state index in [1.165, 1.54) is 0 Å². The summed E-state index contributed by atoms with van der Waals surface area (Å²) in [6.45, 7) is 0. The summed E-state index contributed by atoms with van der Waals surface area (Å²) in [5.41, 5.74) is -0.904. The Labute approximate surface area is 207 Å². The number of benzene rings is 2. The van der Waals surface area contributed by atoms with E-state index in [2.05, 4.69) is 10.6 Å². The lowest BCUT2D eigenvalue weighted by molar-refractivity contribution is -0.143. The molecule has 0 spiro atoms. The highest BCUT2D eigenvalue weighted by Crippen LogP contribution is 2.48. The minimum atomic E-state index is -1.12. The number of carbonyl (C=O) groups is 2. The van der Waals surface area contributed by atoms with E-state index >= 15 is 0 Å². The molecule has 0 radical (unpaired) electrons. The van der Waals surface area contributed by atoms with E-state index in [9.17, 15) is 19.8 Å². The van der Waals surface area contributed by atoms with Crippen LogP contribution >= 0.6 is 0 Å². The summed E-state index contributed by atoms with van der Waals surface area (Å²) in [6, 6.07) is 18.8. The zero-order valence-corrected chi connectivity index (χ0v) is 20.2. The summed E-state index contributed by atoms with van der Waals surface area (Å²) in [5.74, 6) is -0.620. The van der Waals surface area contributed by atoms with Gasteiger partial charge in [0.2, 0.25) is 11.8 Å². The van der Waals surface area contributed by atoms with Crippen molar-refractivity contribution < 1.29 is 19.8 Å². The van der Waals surface area contributed by atoms with Crippen LogP contribution in [0.2, 0.25) is 0 Å². The van der Waals surface area contributed by atoms with Gasteiger partial charge >= 0.3 is 0 Å². The van der Waals surface area contributed by atoms with E-state index in [0.29, 0.717) is 51.4 Å². The smallest absolute Gasteiger partial charge is 0.236 e. The number of aliphatic hydroxyl groups is 2. The van der Waals surface area contributed by atoms with Gasteiger partial charge in [0.15, 0.2) is 0 Å². The number of hydrogen-bond donors (Lipinski definition) is 4. The molecular formula is C29H36N2O4. The van der Waals surface area contributed by atoms with Crippen LogP contribution in [-0.4, -0.2) is 45.3 Å². The molecule has 0 heterocycles. The Morgan fingerprint density at radius 1 is 0.657 bits per heavy atom. The molecule has 4 N–H and O–H groups in total. The average Bonchev–Trinajstić information content (AvgIpc) is 3.64. The summed E-state index contributed by atoms with van der Waals surface area (Å²) in [6.07, 6.45) is 6.48. The van der Waals surface area contributed by atoms with Crippen molar-refractivity contribution in [1.29, 1.82) is 0 Å². The third-order valence-electron chi connectivity index (χ3n) is 8.53. The zero-order chi connectivity index (χ0) is 24.5. The molecule has 186 valence electrons. The molecular weight excluding hydrogens is 440 g/mol. The minimum Gasteiger partial charge on any atom is -0.388 e. The molecule has 0 saturated heterocycles. The number of nitrogens with one attached hydrogen (secondary N) is 2. The molecule has 3 aliphatic carbocycles. The molecule has 0 bridgehead atoms. The van der Waals surface area contributed by atoms with Crippen molar-refractivity contribution in [3.8, 4) is 0 Å². The lowest BCUT2D eigenvalue weighted by atomic mass is 9.72. The average molecular weight is 477 g/mol. The fourth-order valence-electron chi connectivity index (χ4n) is 5.50. The maximum absolute atomic E-state index is 13.5. The van der Waals surface area contributed by atoms with Crippen LogP contribution in [0.4, 0.5) is 0 Å². The van der Waals surface area contributed by atoms with Gasteiger partial charge in [0.25, 0.3) is 0 Å². The Kier molecular flexibility index (Phi) is 6.45. The first-order valence-electron chi connectivity index (χ1n) is 13.0. The molecule has 5 rings (SSSR count). The van der Waals surface area contributed by atoms with Gasteiger partial charge in [-0.3, -0.25) is 9.59 Å².